The summed E-state index contributed by atoms with van der Waals surface area (Å²) in [6.07, 6.45) is 0. The van der Waals surface area contributed by atoms with E-state index in [1.807, 2.05) is 18.2 Å². The zero-order chi connectivity index (χ0) is 9.84. The van der Waals surface area contributed by atoms with Gasteiger partial charge in [0.2, 0.25) is 0 Å². The normalized spacial score (nSPS) is 10.8. The van der Waals surface area contributed by atoms with Gasteiger partial charge in [-0.25, -0.2) is 0 Å². The Balaban J connectivity index is 2.70. The van der Waals surface area contributed by atoms with Gasteiger partial charge in [-0.3, -0.25) is 0 Å². The molecule has 0 amide bonds. The van der Waals surface area contributed by atoms with Gasteiger partial charge < -0.3 is 0 Å². The summed E-state index contributed by atoms with van der Waals surface area (Å²) >= 11 is 13.6. The SMILES string of the molecule is CC(C)CSc1cc(Cl)ccc1Cl. The van der Waals surface area contributed by atoms with E-state index in [9.17, 15) is 0 Å². The molecule has 0 aliphatic rings. The zero-order valence-electron chi connectivity index (χ0n) is 7.68. The lowest BCUT2D eigenvalue weighted by Crippen LogP contribution is -1.90. The Morgan fingerprint density at radius 3 is 2.62 bits per heavy atom. The smallest absolute Gasteiger partial charge is 0.0542 e. The fourth-order valence-corrected chi connectivity index (χ4v) is 2.29. The second-order valence-electron chi connectivity index (χ2n) is 3.28. The predicted molar refractivity (Wildman–Crippen MR) is 62.0 cm³/mol. The molecule has 3 heteroatoms. The summed E-state index contributed by atoms with van der Waals surface area (Å²) in [5.41, 5.74) is 0. The van der Waals surface area contributed by atoms with E-state index in [0.717, 1.165) is 20.7 Å². The van der Waals surface area contributed by atoms with Crippen molar-refractivity contribution in [3.05, 3.63) is 28.2 Å². The van der Waals surface area contributed by atoms with Crippen LogP contribution in [0.3, 0.4) is 0 Å². The summed E-state index contributed by atoms with van der Waals surface area (Å²) < 4.78 is 0. The van der Waals surface area contributed by atoms with Gasteiger partial charge in [0.05, 0.1) is 5.02 Å². The largest absolute Gasteiger partial charge is 0.124 e. The first-order valence-corrected chi connectivity index (χ1v) is 5.91. The predicted octanol–water partition coefficient (Wildman–Crippen LogP) is 4.74. The average molecular weight is 235 g/mol. The van der Waals surface area contributed by atoms with Crippen LogP contribution < -0.4 is 0 Å². The van der Waals surface area contributed by atoms with Gasteiger partial charge in [-0.15, -0.1) is 11.8 Å². The van der Waals surface area contributed by atoms with Gasteiger partial charge >= 0.3 is 0 Å². The van der Waals surface area contributed by atoms with Crippen molar-refractivity contribution in [1.29, 1.82) is 0 Å². The fraction of sp³-hybridized carbons (Fsp3) is 0.400. The molecular weight excluding hydrogens is 223 g/mol. The van der Waals surface area contributed by atoms with Crippen LogP contribution in [0.2, 0.25) is 10.0 Å². The lowest BCUT2D eigenvalue weighted by atomic mass is 10.3. The van der Waals surface area contributed by atoms with Gasteiger partial charge in [0.1, 0.15) is 0 Å². The summed E-state index contributed by atoms with van der Waals surface area (Å²) in [4.78, 5) is 1.07. The molecule has 72 valence electrons. The highest BCUT2D eigenvalue weighted by atomic mass is 35.5. The molecule has 0 heterocycles. The van der Waals surface area contributed by atoms with Crippen molar-refractivity contribution in [2.24, 2.45) is 5.92 Å². The van der Waals surface area contributed by atoms with E-state index in [2.05, 4.69) is 13.8 Å². The minimum Gasteiger partial charge on any atom is -0.124 e. The van der Waals surface area contributed by atoms with Crippen molar-refractivity contribution in [3.8, 4) is 0 Å². The molecule has 0 saturated heterocycles. The van der Waals surface area contributed by atoms with Gasteiger partial charge in [0, 0.05) is 15.7 Å². The van der Waals surface area contributed by atoms with E-state index in [0.29, 0.717) is 5.92 Å². The highest BCUT2D eigenvalue weighted by Gasteiger charge is 2.03. The third kappa shape index (κ3) is 3.80. The first-order valence-electron chi connectivity index (χ1n) is 4.17. The minimum absolute atomic E-state index is 0.667. The van der Waals surface area contributed by atoms with Crippen LogP contribution in [-0.4, -0.2) is 5.75 Å². The number of halogens is 2. The van der Waals surface area contributed by atoms with Crippen LogP contribution in [0.5, 0.6) is 0 Å². The van der Waals surface area contributed by atoms with Gasteiger partial charge in [0.25, 0.3) is 0 Å². The molecule has 0 fully saturated rings. The Kier molecular flexibility index (Phi) is 4.43. The molecule has 0 aliphatic carbocycles. The molecule has 1 rings (SSSR count). The molecule has 1 aromatic carbocycles. The molecule has 0 N–H and O–H groups in total. The van der Waals surface area contributed by atoms with Gasteiger partial charge in [-0.2, -0.15) is 0 Å². The second kappa shape index (κ2) is 5.14. The third-order valence-corrected chi connectivity index (χ3v) is 3.62. The van der Waals surface area contributed by atoms with Crippen molar-refractivity contribution in [2.75, 3.05) is 5.75 Å². The topological polar surface area (TPSA) is 0 Å². The summed E-state index contributed by atoms with van der Waals surface area (Å²) in [6.45, 7) is 4.37. The monoisotopic (exact) mass is 234 g/mol. The molecular formula is C10H12Cl2S. The highest BCUT2D eigenvalue weighted by Crippen LogP contribution is 2.30. The summed E-state index contributed by atoms with van der Waals surface area (Å²) in [6, 6.07) is 5.56. The van der Waals surface area contributed by atoms with Crippen molar-refractivity contribution >= 4 is 35.0 Å². The Morgan fingerprint density at radius 2 is 2.00 bits per heavy atom. The number of benzene rings is 1. The Morgan fingerprint density at radius 1 is 1.31 bits per heavy atom. The van der Waals surface area contributed by atoms with Gasteiger partial charge in [-0.1, -0.05) is 37.0 Å². The molecule has 1 aromatic rings. The number of hydrogen-bond donors (Lipinski definition) is 0. The maximum Gasteiger partial charge on any atom is 0.0542 e. The average Bonchev–Trinajstić information content (AvgIpc) is 2.06. The Labute approximate surface area is 93.6 Å². The maximum atomic E-state index is 6.00. The standard InChI is InChI=1S/C10H12Cl2S/c1-7(2)6-13-10-5-8(11)3-4-9(10)12/h3-5,7H,6H2,1-2H3. The second-order valence-corrected chi connectivity index (χ2v) is 5.19. The molecule has 13 heavy (non-hydrogen) atoms. The molecule has 0 aromatic heterocycles. The summed E-state index contributed by atoms with van der Waals surface area (Å²) in [7, 11) is 0. The van der Waals surface area contributed by atoms with Crippen LogP contribution >= 0.6 is 35.0 Å². The number of thioether (sulfide) groups is 1. The molecule has 0 saturated carbocycles. The van der Waals surface area contributed by atoms with Crippen molar-refractivity contribution in [3.63, 3.8) is 0 Å². The van der Waals surface area contributed by atoms with Crippen LogP contribution in [-0.2, 0) is 0 Å². The van der Waals surface area contributed by atoms with E-state index in [-0.39, 0.29) is 0 Å². The summed E-state index contributed by atoms with van der Waals surface area (Å²) in [5.74, 6) is 1.74. The van der Waals surface area contributed by atoms with E-state index < -0.39 is 0 Å². The van der Waals surface area contributed by atoms with Gasteiger partial charge in [-0.05, 0) is 24.1 Å². The fourth-order valence-electron chi connectivity index (χ4n) is 0.844. The molecule has 0 radical (unpaired) electrons. The molecule has 0 spiro atoms. The van der Waals surface area contributed by atoms with Crippen LogP contribution in [0.1, 0.15) is 13.8 Å². The van der Waals surface area contributed by atoms with Crippen molar-refractivity contribution < 1.29 is 0 Å². The molecule has 0 unspecified atom stereocenters. The zero-order valence-corrected chi connectivity index (χ0v) is 10.0. The molecule has 0 atom stereocenters. The van der Waals surface area contributed by atoms with E-state index >= 15 is 0 Å². The first kappa shape index (κ1) is 11.2. The van der Waals surface area contributed by atoms with Crippen molar-refractivity contribution in [2.45, 2.75) is 18.7 Å². The maximum absolute atomic E-state index is 6.00. The lowest BCUT2D eigenvalue weighted by Gasteiger charge is -2.06. The van der Waals surface area contributed by atoms with E-state index in [1.165, 1.54) is 0 Å². The van der Waals surface area contributed by atoms with Crippen LogP contribution in [0.25, 0.3) is 0 Å². The number of hydrogen-bond acceptors (Lipinski definition) is 1. The van der Waals surface area contributed by atoms with Crippen LogP contribution in [0, 0.1) is 5.92 Å². The number of rotatable bonds is 3. The highest BCUT2D eigenvalue weighted by molar-refractivity contribution is 7.99. The van der Waals surface area contributed by atoms with Crippen LogP contribution in [0.4, 0.5) is 0 Å². The molecule has 0 bridgehead atoms. The molecule has 0 aliphatic heterocycles. The van der Waals surface area contributed by atoms with Crippen LogP contribution in [0.15, 0.2) is 23.1 Å². The Hall–Kier alpha value is 0.150. The third-order valence-electron chi connectivity index (χ3n) is 1.47. The Bertz CT molecular complexity index is 284. The van der Waals surface area contributed by atoms with Crippen molar-refractivity contribution in [1.82, 2.24) is 0 Å². The van der Waals surface area contributed by atoms with E-state index in [1.54, 1.807) is 11.8 Å². The minimum atomic E-state index is 0.667. The first-order chi connectivity index (χ1) is 6.09. The molecule has 0 nitrogen and oxygen atoms in total. The van der Waals surface area contributed by atoms with E-state index in [4.69, 9.17) is 23.2 Å². The van der Waals surface area contributed by atoms with Gasteiger partial charge in [0.15, 0.2) is 0 Å². The summed E-state index contributed by atoms with van der Waals surface area (Å²) in [5, 5.41) is 1.53. The quantitative estimate of drug-likeness (QED) is 0.682. The lowest BCUT2D eigenvalue weighted by molar-refractivity contribution is 0.750.